The molecule has 0 spiro atoms. The van der Waals surface area contributed by atoms with Crippen LogP contribution in [0.5, 0.6) is 0 Å². The summed E-state index contributed by atoms with van der Waals surface area (Å²) in [7, 11) is 9.89. The summed E-state index contributed by atoms with van der Waals surface area (Å²) in [6.07, 6.45) is 1.34. The standard InChI is InChI=1S/C4H12N.C4H11O2PS/c1-5(2,3)4;1-3-4-7(5,8)6-2/h1-4H3;3-4H2,1-2H3,(H,5,8)/q+1;/p-1. The Bertz CT molecular complexity index is 162. The van der Waals surface area contributed by atoms with E-state index >= 15 is 0 Å². The zero-order valence-electron chi connectivity index (χ0n) is 9.53. The highest BCUT2D eigenvalue weighted by atomic mass is 32.5. The van der Waals surface area contributed by atoms with Crippen molar-refractivity contribution in [1.29, 1.82) is 0 Å². The molecule has 0 amide bonds. The van der Waals surface area contributed by atoms with Crippen LogP contribution in [0.15, 0.2) is 0 Å². The van der Waals surface area contributed by atoms with E-state index in [1.54, 1.807) is 0 Å². The van der Waals surface area contributed by atoms with Crippen LogP contribution >= 0.6 is 6.49 Å². The molecule has 1 atom stereocenters. The summed E-state index contributed by atoms with van der Waals surface area (Å²) >= 11 is 4.58. The Morgan fingerprint density at radius 2 is 1.62 bits per heavy atom. The maximum Gasteiger partial charge on any atom is 0.0675 e. The Hall–Kier alpha value is 0.530. The number of rotatable bonds is 3. The fraction of sp³-hybridized carbons (Fsp3) is 1.00. The molecule has 0 bridgehead atoms. The van der Waals surface area contributed by atoms with Crippen LogP contribution in [0.3, 0.4) is 0 Å². The molecule has 1 unspecified atom stereocenters. The van der Waals surface area contributed by atoms with E-state index in [2.05, 4.69) is 44.5 Å². The van der Waals surface area contributed by atoms with E-state index < -0.39 is 6.49 Å². The average Bonchev–Trinajstić information content (AvgIpc) is 1.84. The number of nitrogens with zero attached hydrogens (tertiary/aromatic N) is 1. The van der Waals surface area contributed by atoms with E-state index in [9.17, 15) is 4.89 Å². The first-order valence-corrected chi connectivity index (χ1v) is 7.09. The topological polar surface area (TPSA) is 32.3 Å². The van der Waals surface area contributed by atoms with Gasteiger partial charge in [0.05, 0.1) is 28.2 Å². The van der Waals surface area contributed by atoms with Crippen LogP contribution in [-0.2, 0) is 16.3 Å². The zero-order chi connectivity index (χ0) is 11.1. The van der Waals surface area contributed by atoms with Crippen LogP contribution in [0.25, 0.3) is 0 Å². The van der Waals surface area contributed by atoms with E-state index in [1.807, 2.05) is 6.92 Å². The fourth-order valence-corrected chi connectivity index (χ4v) is 1.64. The van der Waals surface area contributed by atoms with Gasteiger partial charge in [0.25, 0.3) is 0 Å². The van der Waals surface area contributed by atoms with E-state index in [1.165, 1.54) is 7.11 Å². The van der Waals surface area contributed by atoms with Gasteiger partial charge in [0, 0.05) is 7.11 Å². The molecule has 13 heavy (non-hydrogen) atoms. The molecule has 0 saturated carbocycles. The molecule has 0 radical (unpaired) electrons. The van der Waals surface area contributed by atoms with Crippen LogP contribution in [-0.4, -0.2) is 45.9 Å². The fourth-order valence-electron chi connectivity index (χ4n) is 0.365. The molecule has 0 aliphatic rings. The van der Waals surface area contributed by atoms with Crippen molar-refractivity contribution in [1.82, 2.24) is 0 Å². The maximum atomic E-state index is 10.8. The average molecular weight is 227 g/mol. The Labute approximate surface area is 87.5 Å². The Balaban J connectivity index is 0. The molecule has 0 fully saturated rings. The van der Waals surface area contributed by atoms with Gasteiger partial charge in [-0.3, -0.25) is 0 Å². The summed E-state index contributed by atoms with van der Waals surface area (Å²) in [5.74, 6) is 0. The molecule has 0 saturated heterocycles. The van der Waals surface area contributed by atoms with Crippen molar-refractivity contribution in [2.75, 3.05) is 41.5 Å². The van der Waals surface area contributed by atoms with Gasteiger partial charge in [-0.2, -0.15) is 0 Å². The molecule has 82 valence electrons. The van der Waals surface area contributed by atoms with Crippen LogP contribution < -0.4 is 4.89 Å². The van der Waals surface area contributed by atoms with Crippen LogP contribution in [0.4, 0.5) is 0 Å². The highest BCUT2D eigenvalue weighted by molar-refractivity contribution is 8.08. The zero-order valence-corrected chi connectivity index (χ0v) is 11.2. The van der Waals surface area contributed by atoms with E-state index in [-0.39, 0.29) is 0 Å². The molecular weight excluding hydrogens is 205 g/mol. The largest absolute Gasteiger partial charge is 0.801 e. The molecule has 0 aromatic carbocycles. The van der Waals surface area contributed by atoms with E-state index in [4.69, 9.17) is 0 Å². The lowest BCUT2D eigenvalue weighted by Gasteiger charge is -2.24. The van der Waals surface area contributed by atoms with Crippen molar-refractivity contribution in [3.63, 3.8) is 0 Å². The van der Waals surface area contributed by atoms with Gasteiger partial charge < -0.3 is 13.9 Å². The van der Waals surface area contributed by atoms with Crippen LogP contribution in [0.1, 0.15) is 13.3 Å². The normalized spacial score (nSPS) is 15.6. The van der Waals surface area contributed by atoms with Crippen LogP contribution in [0.2, 0.25) is 0 Å². The second kappa shape index (κ2) is 6.91. The van der Waals surface area contributed by atoms with Gasteiger partial charge >= 0.3 is 0 Å². The lowest BCUT2D eigenvalue weighted by molar-refractivity contribution is -0.849. The van der Waals surface area contributed by atoms with Gasteiger partial charge in [-0.05, 0) is 12.7 Å². The van der Waals surface area contributed by atoms with Gasteiger partial charge in [0.1, 0.15) is 0 Å². The molecule has 0 N–H and O–H groups in total. The minimum atomic E-state index is -2.59. The molecular formula is C8H22NO2PS. The van der Waals surface area contributed by atoms with Gasteiger partial charge in [0.2, 0.25) is 0 Å². The number of hydrogen-bond donors (Lipinski definition) is 0. The van der Waals surface area contributed by atoms with Crippen LogP contribution in [0, 0.1) is 0 Å². The quantitative estimate of drug-likeness (QED) is 0.533. The van der Waals surface area contributed by atoms with Gasteiger partial charge in [-0.25, -0.2) is 0 Å². The second-order valence-corrected chi connectivity index (χ2v) is 7.90. The maximum absolute atomic E-state index is 10.8. The predicted octanol–water partition coefficient (Wildman–Crippen LogP) is 1.03. The smallest absolute Gasteiger partial charge is 0.0675 e. The minimum Gasteiger partial charge on any atom is -0.801 e. The summed E-state index contributed by atoms with van der Waals surface area (Å²) in [6, 6.07) is 0. The highest BCUT2D eigenvalue weighted by Crippen LogP contribution is 2.35. The van der Waals surface area contributed by atoms with Crippen molar-refractivity contribution in [3.05, 3.63) is 0 Å². The summed E-state index contributed by atoms with van der Waals surface area (Å²) in [5, 5.41) is 0. The molecule has 3 nitrogen and oxygen atoms in total. The summed E-state index contributed by atoms with van der Waals surface area (Å²) < 4.78 is 5.55. The van der Waals surface area contributed by atoms with Gasteiger partial charge in [-0.1, -0.05) is 25.2 Å². The van der Waals surface area contributed by atoms with Crippen molar-refractivity contribution in [2.24, 2.45) is 0 Å². The minimum absolute atomic E-state index is 0.513. The molecule has 0 aliphatic heterocycles. The third kappa shape index (κ3) is 24.5. The Morgan fingerprint density at radius 3 is 1.69 bits per heavy atom. The Kier molecular flexibility index (Phi) is 8.49. The highest BCUT2D eigenvalue weighted by Gasteiger charge is 1.95. The SMILES string of the molecule is CCCP([O-])(=S)OC.C[N+](C)(C)C. The molecule has 0 aromatic heterocycles. The van der Waals surface area contributed by atoms with Crippen molar-refractivity contribution < 1.29 is 13.9 Å². The molecule has 0 heterocycles. The first kappa shape index (κ1) is 16.0. The number of hydrogen-bond acceptors (Lipinski definition) is 3. The van der Waals surface area contributed by atoms with Crippen molar-refractivity contribution >= 4 is 18.3 Å². The van der Waals surface area contributed by atoms with E-state index in [0.29, 0.717) is 6.16 Å². The lowest BCUT2D eigenvalue weighted by atomic mass is 10.6. The van der Waals surface area contributed by atoms with Crippen molar-refractivity contribution in [2.45, 2.75) is 13.3 Å². The van der Waals surface area contributed by atoms with Gasteiger partial charge in [-0.15, -0.1) is 0 Å². The first-order valence-electron chi connectivity index (χ1n) is 4.27. The molecule has 0 aliphatic carbocycles. The van der Waals surface area contributed by atoms with Crippen molar-refractivity contribution in [3.8, 4) is 0 Å². The van der Waals surface area contributed by atoms with Gasteiger partial charge in [0.15, 0.2) is 0 Å². The summed E-state index contributed by atoms with van der Waals surface area (Å²) in [4.78, 5) is 10.8. The first-order chi connectivity index (χ1) is 5.62. The third-order valence-corrected chi connectivity index (χ3v) is 3.32. The second-order valence-electron chi connectivity index (χ2n) is 4.20. The predicted molar refractivity (Wildman–Crippen MR) is 60.4 cm³/mol. The molecule has 5 heteroatoms. The number of quaternary nitrogens is 1. The molecule has 0 rings (SSSR count). The lowest BCUT2D eigenvalue weighted by Crippen LogP contribution is -2.27. The van der Waals surface area contributed by atoms with E-state index in [0.717, 1.165) is 10.9 Å². The monoisotopic (exact) mass is 227 g/mol. The summed E-state index contributed by atoms with van der Waals surface area (Å²) in [5.41, 5.74) is 0. The summed E-state index contributed by atoms with van der Waals surface area (Å²) in [6.45, 7) is -0.662. The molecule has 0 aromatic rings. The third-order valence-electron chi connectivity index (χ3n) is 0.776. The Morgan fingerprint density at radius 1 is 1.31 bits per heavy atom.